The Morgan fingerprint density at radius 3 is 2.14 bits per heavy atom. The number of nitrogens with one attached hydrogen (secondary N) is 1. The fourth-order valence-electron chi connectivity index (χ4n) is 3.37. The van der Waals surface area contributed by atoms with Crippen molar-refractivity contribution in [1.29, 1.82) is 0 Å². The summed E-state index contributed by atoms with van der Waals surface area (Å²) in [6.07, 6.45) is 3.67. The second-order valence-electron chi connectivity index (χ2n) is 6.71. The first-order valence-corrected chi connectivity index (χ1v) is 9.65. The quantitative estimate of drug-likeness (QED) is 0.599. The minimum atomic E-state index is 0.516. The van der Waals surface area contributed by atoms with Crippen molar-refractivity contribution in [3.63, 3.8) is 0 Å². The van der Waals surface area contributed by atoms with E-state index in [1.165, 1.54) is 19.3 Å². The zero-order valence-corrected chi connectivity index (χ0v) is 16.9. The van der Waals surface area contributed by atoms with Gasteiger partial charge in [0.15, 0.2) is 17.5 Å². The van der Waals surface area contributed by atoms with E-state index in [0.29, 0.717) is 23.8 Å². The van der Waals surface area contributed by atoms with Crippen LogP contribution in [-0.4, -0.2) is 45.3 Å². The average Bonchev–Trinajstić information content (AvgIpc) is 2.77. The Balaban J connectivity index is 1.85. The maximum atomic E-state index is 5.46. The third kappa shape index (κ3) is 4.88. The van der Waals surface area contributed by atoms with Crippen LogP contribution < -0.4 is 19.5 Å². The average molecular weight is 383 g/mol. The van der Waals surface area contributed by atoms with Crippen LogP contribution in [0.3, 0.4) is 0 Å². The molecule has 28 heavy (non-hydrogen) atoms. The molecule has 1 heterocycles. The Hall–Kier alpha value is -2.89. The van der Waals surface area contributed by atoms with E-state index in [1.54, 1.807) is 21.3 Å². The molecule has 0 bridgehead atoms. The van der Waals surface area contributed by atoms with Crippen LogP contribution in [0.2, 0.25) is 0 Å². The molecule has 2 aromatic carbocycles. The van der Waals surface area contributed by atoms with Gasteiger partial charge in [0.1, 0.15) is 0 Å². The van der Waals surface area contributed by atoms with Crippen LogP contribution in [0.1, 0.15) is 24.8 Å². The van der Waals surface area contributed by atoms with Gasteiger partial charge in [-0.3, -0.25) is 0 Å². The number of anilines is 1. The summed E-state index contributed by atoms with van der Waals surface area (Å²) in [5.41, 5.74) is 2.04. The van der Waals surface area contributed by atoms with Crippen LogP contribution in [0.4, 0.5) is 5.69 Å². The highest BCUT2D eigenvalue weighted by Crippen LogP contribution is 2.38. The number of likely N-dealkylation sites (tertiary alicyclic amines) is 1. The standard InChI is InChI=1S/C22H29N3O3/c1-26-19-14-17(15-20(27-2)21(19)28-3)16-23-22(25-12-8-5-9-13-25)24-18-10-6-4-7-11-18/h4,6-7,10-11,14-15H,5,8-9,12-13,16H2,1-3H3,(H,23,24). The van der Waals surface area contributed by atoms with Gasteiger partial charge in [0.05, 0.1) is 27.9 Å². The van der Waals surface area contributed by atoms with Gasteiger partial charge in [0, 0.05) is 18.8 Å². The minimum absolute atomic E-state index is 0.516. The normalized spacial score (nSPS) is 14.5. The minimum Gasteiger partial charge on any atom is -0.493 e. The summed E-state index contributed by atoms with van der Waals surface area (Å²) >= 11 is 0. The first kappa shape index (κ1) is 19.9. The molecule has 0 aromatic heterocycles. The highest BCUT2D eigenvalue weighted by Gasteiger charge is 2.16. The van der Waals surface area contributed by atoms with E-state index in [-0.39, 0.29) is 0 Å². The number of para-hydroxylation sites is 1. The van der Waals surface area contributed by atoms with Crippen LogP contribution in [0, 0.1) is 0 Å². The fourth-order valence-corrected chi connectivity index (χ4v) is 3.37. The number of aliphatic imine (C=N–C) groups is 1. The van der Waals surface area contributed by atoms with E-state index in [2.05, 4.69) is 22.3 Å². The molecule has 1 N–H and O–H groups in total. The highest BCUT2D eigenvalue weighted by atomic mass is 16.5. The summed E-state index contributed by atoms with van der Waals surface area (Å²) in [6, 6.07) is 14.1. The number of rotatable bonds is 6. The number of methoxy groups -OCH3 is 3. The monoisotopic (exact) mass is 383 g/mol. The summed E-state index contributed by atoms with van der Waals surface area (Å²) in [6.45, 7) is 2.56. The van der Waals surface area contributed by atoms with Crippen molar-refractivity contribution < 1.29 is 14.2 Å². The second-order valence-corrected chi connectivity index (χ2v) is 6.71. The first-order valence-electron chi connectivity index (χ1n) is 9.65. The van der Waals surface area contributed by atoms with Gasteiger partial charge in [-0.2, -0.15) is 0 Å². The van der Waals surface area contributed by atoms with Crippen molar-refractivity contribution in [1.82, 2.24) is 4.90 Å². The van der Waals surface area contributed by atoms with E-state index >= 15 is 0 Å². The van der Waals surface area contributed by atoms with Gasteiger partial charge in [-0.1, -0.05) is 18.2 Å². The Morgan fingerprint density at radius 2 is 1.57 bits per heavy atom. The van der Waals surface area contributed by atoms with Gasteiger partial charge in [-0.05, 0) is 49.1 Å². The van der Waals surface area contributed by atoms with Crippen molar-refractivity contribution in [2.45, 2.75) is 25.8 Å². The maximum absolute atomic E-state index is 5.46. The second kappa shape index (κ2) is 9.88. The summed E-state index contributed by atoms with van der Waals surface area (Å²) in [5, 5.41) is 3.49. The molecule has 6 heteroatoms. The molecule has 3 rings (SSSR count). The van der Waals surface area contributed by atoms with Gasteiger partial charge >= 0.3 is 0 Å². The molecule has 6 nitrogen and oxygen atoms in total. The molecule has 0 saturated carbocycles. The summed E-state index contributed by atoms with van der Waals surface area (Å²) in [5.74, 6) is 2.78. The smallest absolute Gasteiger partial charge is 0.203 e. The molecule has 0 amide bonds. The molecule has 150 valence electrons. The third-order valence-corrected chi connectivity index (χ3v) is 4.82. The molecule has 1 saturated heterocycles. The van der Waals surface area contributed by atoms with Crippen molar-refractivity contribution >= 4 is 11.6 Å². The van der Waals surface area contributed by atoms with Crippen LogP contribution in [-0.2, 0) is 6.54 Å². The molecule has 1 aliphatic heterocycles. The number of nitrogens with zero attached hydrogens (tertiary/aromatic N) is 2. The van der Waals surface area contributed by atoms with Crippen LogP contribution >= 0.6 is 0 Å². The van der Waals surface area contributed by atoms with Crippen LogP contribution in [0.25, 0.3) is 0 Å². The molecule has 1 fully saturated rings. The van der Waals surface area contributed by atoms with E-state index in [0.717, 1.165) is 30.3 Å². The van der Waals surface area contributed by atoms with Crippen molar-refractivity contribution in [2.24, 2.45) is 4.99 Å². The number of hydrogen-bond donors (Lipinski definition) is 1. The third-order valence-electron chi connectivity index (χ3n) is 4.82. The van der Waals surface area contributed by atoms with E-state index in [9.17, 15) is 0 Å². The summed E-state index contributed by atoms with van der Waals surface area (Å²) in [7, 11) is 4.86. The molecule has 2 aromatic rings. The lowest BCUT2D eigenvalue weighted by molar-refractivity contribution is 0.323. The molecule has 0 atom stereocenters. The van der Waals surface area contributed by atoms with E-state index in [4.69, 9.17) is 19.2 Å². The molecular weight excluding hydrogens is 354 g/mol. The lowest BCUT2D eigenvalue weighted by Gasteiger charge is -2.30. The van der Waals surface area contributed by atoms with Crippen molar-refractivity contribution in [3.8, 4) is 17.2 Å². The number of guanidine groups is 1. The zero-order valence-electron chi connectivity index (χ0n) is 16.9. The SMILES string of the molecule is COc1cc(CN=C(Nc2ccccc2)N2CCCCC2)cc(OC)c1OC. The maximum Gasteiger partial charge on any atom is 0.203 e. The lowest BCUT2D eigenvalue weighted by atomic mass is 10.1. The van der Waals surface area contributed by atoms with Crippen molar-refractivity contribution in [3.05, 3.63) is 48.0 Å². The molecule has 0 unspecified atom stereocenters. The predicted molar refractivity (Wildman–Crippen MR) is 113 cm³/mol. The lowest BCUT2D eigenvalue weighted by Crippen LogP contribution is -2.40. The number of ether oxygens (including phenoxy) is 3. The summed E-state index contributed by atoms with van der Waals surface area (Å²) in [4.78, 5) is 7.23. The van der Waals surface area contributed by atoms with Crippen LogP contribution in [0.15, 0.2) is 47.5 Å². The van der Waals surface area contributed by atoms with Gasteiger partial charge < -0.3 is 24.4 Å². The zero-order chi connectivity index (χ0) is 19.8. The van der Waals surface area contributed by atoms with Gasteiger partial charge in [0.25, 0.3) is 0 Å². The Morgan fingerprint density at radius 1 is 0.929 bits per heavy atom. The number of piperidine rings is 1. The van der Waals surface area contributed by atoms with Crippen LogP contribution in [0.5, 0.6) is 17.2 Å². The fraction of sp³-hybridized carbons (Fsp3) is 0.409. The highest BCUT2D eigenvalue weighted by molar-refractivity contribution is 5.93. The topological polar surface area (TPSA) is 55.3 Å². The molecular formula is C22H29N3O3. The van der Waals surface area contributed by atoms with Crippen molar-refractivity contribution in [2.75, 3.05) is 39.7 Å². The molecule has 1 aliphatic rings. The van der Waals surface area contributed by atoms with E-state index in [1.807, 2.05) is 30.3 Å². The van der Waals surface area contributed by atoms with Gasteiger partial charge in [-0.15, -0.1) is 0 Å². The van der Waals surface area contributed by atoms with E-state index < -0.39 is 0 Å². The predicted octanol–water partition coefficient (Wildman–Crippen LogP) is 4.17. The van der Waals surface area contributed by atoms with Gasteiger partial charge in [-0.25, -0.2) is 4.99 Å². The molecule has 0 spiro atoms. The first-order chi connectivity index (χ1) is 13.7. The summed E-state index contributed by atoms with van der Waals surface area (Å²) < 4.78 is 16.3. The van der Waals surface area contributed by atoms with Gasteiger partial charge in [0.2, 0.25) is 5.75 Å². The number of benzene rings is 2. The Labute approximate surface area is 167 Å². The largest absolute Gasteiger partial charge is 0.493 e. The Kier molecular flexibility index (Phi) is 7.00. The molecule has 0 aliphatic carbocycles. The number of hydrogen-bond acceptors (Lipinski definition) is 4. The Bertz CT molecular complexity index is 762. The molecule has 0 radical (unpaired) electrons.